The van der Waals surface area contributed by atoms with Gasteiger partial charge in [0.05, 0.1) is 27.7 Å². The van der Waals surface area contributed by atoms with E-state index >= 15 is 0 Å². The van der Waals surface area contributed by atoms with Gasteiger partial charge in [-0.1, -0.05) is 29.3 Å². The number of amides is 2. The number of carbonyl (C=O) groups is 2. The first-order chi connectivity index (χ1) is 14.2. The summed E-state index contributed by atoms with van der Waals surface area (Å²) in [6, 6.07) is 4.89. The number of H-pyrrole nitrogens is 1. The maximum atomic E-state index is 12.4. The van der Waals surface area contributed by atoms with Crippen molar-refractivity contribution in [2.24, 2.45) is 0 Å². The summed E-state index contributed by atoms with van der Waals surface area (Å²) in [6.45, 7) is 3.68. The Balaban J connectivity index is 1.60. The third kappa shape index (κ3) is 4.83. The molecule has 2 aromatic heterocycles. The van der Waals surface area contributed by atoms with Crippen LogP contribution in [0.25, 0.3) is 10.2 Å². The normalized spacial score (nSPS) is 11.0. The minimum absolute atomic E-state index is 0.106. The number of carbonyl (C=O) groups excluding carboxylic acids is 2. The Morgan fingerprint density at radius 2 is 1.90 bits per heavy atom. The van der Waals surface area contributed by atoms with E-state index in [1.165, 1.54) is 23.3 Å². The molecule has 0 aliphatic carbocycles. The van der Waals surface area contributed by atoms with E-state index in [2.05, 4.69) is 15.3 Å². The third-order valence-electron chi connectivity index (χ3n) is 4.70. The van der Waals surface area contributed by atoms with E-state index in [1.807, 2.05) is 13.8 Å². The Hall–Kier alpha value is -2.42. The molecule has 3 aromatic rings. The number of nitrogens with one attached hydrogen (secondary N) is 2. The first kappa shape index (κ1) is 22.3. The number of benzene rings is 1. The highest BCUT2D eigenvalue weighted by molar-refractivity contribution is 7.18. The molecule has 10 heteroatoms. The zero-order valence-electron chi connectivity index (χ0n) is 16.6. The number of aryl methyl sites for hydroxylation is 3. The number of fused-ring (bicyclic) bond motifs is 1. The first-order valence-electron chi connectivity index (χ1n) is 9.14. The van der Waals surface area contributed by atoms with Crippen molar-refractivity contribution in [2.45, 2.75) is 26.7 Å². The number of rotatable bonds is 6. The molecule has 2 N–H and O–H groups in total. The quantitative estimate of drug-likeness (QED) is 0.574. The van der Waals surface area contributed by atoms with Crippen LogP contribution in [0.4, 0.5) is 5.69 Å². The molecule has 2 heterocycles. The lowest BCUT2D eigenvalue weighted by molar-refractivity contribution is -0.133. The highest BCUT2D eigenvalue weighted by atomic mass is 35.5. The van der Waals surface area contributed by atoms with E-state index in [9.17, 15) is 14.4 Å². The standard InChI is InChI=1S/C20H20Cl2N4O3S/c1-10-11(2)30-20-17(10)19(29)23-14(24-20)7-8-16(28)26(3)9-15(27)25-18-12(21)5-4-6-13(18)22/h4-6H,7-9H2,1-3H3,(H,25,27)(H,23,24,29). The number of aromatic amines is 1. The summed E-state index contributed by atoms with van der Waals surface area (Å²) in [4.78, 5) is 47.2. The number of halogens is 2. The summed E-state index contributed by atoms with van der Waals surface area (Å²) in [5, 5.41) is 3.84. The molecule has 0 aliphatic rings. The summed E-state index contributed by atoms with van der Waals surface area (Å²) in [7, 11) is 1.53. The van der Waals surface area contributed by atoms with E-state index in [0.717, 1.165) is 10.4 Å². The summed E-state index contributed by atoms with van der Waals surface area (Å²) in [6.07, 6.45) is 0.372. The fraction of sp³-hybridized carbons (Fsp3) is 0.300. The lowest BCUT2D eigenvalue weighted by Gasteiger charge is -2.17. The third-order valence-corrected chi connectivity index (χ3v) is 6.43. The van der Waals surface area contributed by atoms with Gasteiger partial charge in [0.1, 0.15) is 10.7 Å². The topological polar surface area (TPSA) is 95.2 Å². The van der Waals surface area contributed by atoms with Gasteiger partial charge < -0.3 is 15.2 Å². The SMILES string of the molecule is Cc1sc2nc(CCC(=O)N(C)CC(=O)Nc3c(Cl)cccc3Cl)[nH]c(=O)c2c1C. The van der Waals surface area contributed by atoms with Crippen molar-refractivity contribution in [1.29, 1.82) is 0 Å². The summed E-state index contributed by atoms with van der Waals surface area (Å²) in [5.74, 6) is -0.224. The van der Waals surface area contributed by atoms with Crippen molar-refractivity contribution in [3.63, 3.8) is 0 Å². The van der Waals surface area contributed by atoms with Crippen LogP contribution >= 0.6 is 34.5 Å². The minimum Gasteiger partial charge on any atom is -0.336 e. The number of likely N-dealkylation sites (N-methyl/N-ethyl adjacent to an activating group) is 1. The highest BCUT2D eigenvalue weighted by Gasteiger charge is 2.17. The zero-order chi connectivity index (χ0) is 22.0. The van der Waals surface area contributed by atoms with Gasteiger partial charge in [-0.05, 0) is 31.5 Å². The van der Waals surface area contributed by atoms with Gasteiger partial charge in [0.15, 0.2) is 0 Å². The average Bonchev–Trinajstić information content (AvgIpc) is 2.97. The Morgan fingerprint density at radius 3 is 2.57 bits per heavy atom. The average molecular weight is 467 g/mol. The molecule has 30 heavy (non-hydrogen) atoms. The van der Waals surface area contributed by atoms with E-state index in [0.29, 0.717) is 31.8 Å². The van der Waals surface area contributed by atoms with Crippen molar-refractivity contribution >= 4 is 62.3 Å². The van der Waals surface area contributed by atoms with Crippen LogP contribution in [0.5, 0.6) is 0 Å². The molecule has 158 valence electrons. The van der Waals surface area contributed by atoms with E-state index in [1.54, 1.807) is 18.2 Å². The van der Waals surface area contributed by atoms with Crippen LogP contribution < -0.4 is 10.9 Å². The molecular weight excluding hydrogens is 447 g/mol. The van der Waals surface area contributed by atoms with Crippen LogP contribution in [0, 0.1) is 13.8 Å². The molecule has 7 nitrogen and oxygen atoms in total. The second kappa shape index (κ2) is 9.16. The van der Waals surface area contributed by atoms with Gasteiger partial charge in [0, 0.05) is 24.8 Å². The number of para-hydroxylation sites is 1. The van der Waals surface area contributed by atoms with Crippen LogP contribution in [0.1, 0.15) is 22.7 Å². The van der Waals surface area contributed by atoms with Crippen LogP contribution in [-0.4, -0.2) is 40.3 Å². The number of hydrogen-bond donors (Lipinski definition) is 2. The lowest BCUT2D eigenvalue weighted by Crippen LogP contribution is -2.35. The van der Waals surface area contributed by atoms with Gasteiger partial charge in [0.25, 0.3) is 5.56 Å². The molecule has 3 rings (SSSR count). The van der Waals surface area contributed by atoms with Gasteiger partial charge >= 0.3 is 0 Å². The zero-order valence-corrected chi connectivity index (χ0v) is 19.0. The van der Waals surface area contributed by atoms with Crippen molar-refractivity contribution in [3.8, 4) is 0 Å². The molecule has 1 aromatic carbocycles. The van der Waals surface area contributed by atoms with Gasteiger partial charge in [-0.25, -0.2) is 4.98 Å². The van der Waals surface area contributed by atoms with Gasteiger partial charge in [-0.15, -0.1) is 11.3 Å². The minimum atomic E-state index is -0.418. The van der Waals surface area contributed by atoms with E-state index in [4.69, 9.17) is 23.2 Å². The Bertz CT molecular complexity index is 1170. The number of hydrogen-bond acceptors (Lipinski definition) is 5. The number of thiophene rings is 1. The summed E-state index contributed by atoms with van der Waals surface area (Å²) in [5.41, 5.74) is 1.03. The number of aromatic nitrogens is 2. The van der Waals surface area contributed by atoms with E-state index < -0.39 is 5.91 Å². The molecule has 0 radical (unpaired) electrons. The second-order valence-electron chi connectivity index (χ2n) is 6.87. The largest absolute Gasteiger partial charge is 0.336 e. The van der Waals surface area contributed by atoms with Crippen molar-refractivity contribution in [2.75, 3.05) is 18.9 Å². The Morgan fingerprint density at radius 1 is 1.23 bits per heavy atom. The molecule has 2 amide bonds. The molecule has 0 fully saturated rings. The van der Waals surface area contributed by atoms with Gasteiger partial charge in [0.2, 0.25) is 11.8 Å². The molecule has 0 aliphatic heterocycles. The Kier molecular flexibility index (Phi) is 6.80. The van der Waals surface area contributed by atoms with Crippen molar-refractivity contribution < 1.29 is 9.59 Å². The van der Waals surface area contributed by atoms with Crippen LogP contribution in [0.15, 0.2) is 23.0 Å². The lowest BCUT2D eigenvalue weighted by atomic mass is 10.2. The summed E-state index contributed by atoms with van der Waals surface area (Å²) >= 11 is 13.5. The molecule has 0 spiro atoms. The molecule has 0 unspecified atom stereocenters. The maximum absolute atomic E-state index is 12.4. The van der Waals surface area contributed by atoms with Crippen LogP contribution in [0.3, 0.4) is 0 Å². The van der Waals surface area contributed by atoms with Crippen LogP contribution in [0.2, 0.25) is 10.0 Å². The Labute approximate surface area is 187 Å². The fourth-order valence-electron chi connectivity index (χ4n) is 2.93. The fourth-order valence-corrected chi connectivity index (χ4v) is 4.47. The highest BCUT2D eigenvalue weighted by Crippen LogP contribution is 2.29. The molecule has 0 atom stereocenters. The predicted octanol–water partition coefficient (Wildman–Crippen LogP) is 3.94. The maximum Gasteiger partial charge on any atom is 0.259 e. The van der Waals surface area contributed by atoms with Crippen molar-refractivity contribution in [3.05, 3.63) is 54.9 Å². The number of anilines is 1. The predicted molar refractivity (Wildman–Crippen MR) is 121 cm³/mol. The first-order valence-corrected chi connectivity index (χ1v) is 10.7. The number of nitrogens with zero attached hydrogens (tertiary/aromatic N) is 2. The van der Waals surface area contributed by atoms with E-state index in [-0.39, 0.29) is 30.9 Å². The van der Waals surface area contributed by atoms with Crippen LogP contribution in [-0.2, 0) is 16.0 Å². The monoisotopic (exact) mass is 466 g/mol. The second-order valence-corrected chi connectivity index (χ2v) is 8.89. The summed E-state index contributed by atoms with van der Waals surface area (Å²) < 4.78 is 0. The smallest absolute Gasteiger partial charge is 0.259 e. The van der Waals surface area contributed by atoms with Crippen molar-refractivity contribution in [1.82, 2.24) is 14.9 Å². The molecular formula is C20H20Cl2N4O3S. The molecule has 0 bridgehead atoms. The molecule has 0 saturated carbocycles. The van der Waals surface area contributed by atoms with Gasteiger partial charge in [-0.3, -0.25) is 14.4 Å². The van der Waals surface area contributed by atoms with Gasteiger partial charge in [-0.2, -0.15) is 0 Å². The molecule has 0 saturated heterocycles.